The summed E-state index contributed by atoms with van der Waals surface area (Å²) in [5.41, 5.74) is 3.55. The van der Waals surface area contributed by atoms with Crippen molar-refractivity contribution in [1.29, 1.82) is 0 Å². The van der Waals surface area contributed by atoms with Crippen molar-refractivity contribution in [3.63, 3.8) is 0 Å². The Labute approximate surface area is 179 Å². The highest BCUT2D eigenvalue weighted by Crippen LogP contribution is 2.51. The largest absolute Gasteiger partial charge is 0.504 e. The molecular weight excluding hydrogens is 374 g/mol. The van der Waals surface area contributed by atoms with Crippen molar-refractivity contribution >= 4 is 5.69 Å². The van der Waals surface area contributed by atoms with Crippen LogP contribution in [0.15, 0.2) is 48.6 Å². The molecule has 2 aliphatic rings. The molecule has 0 aromatic heterocycles. The summed E-state index contributed by atoms with van der Waals surface area (Å²) in [5, 5.41) is 14.0. The number of rotatable bonds is 9. The topological polar surface area (TPSA) is 50.7 Å². The predicted molar refractivity (Wildman–Crippen MR) is 122 cm³/mol. The maximum atomic E-state index is 10.3. The van der Waals surface area contributed by atoms with Crippen LogP contribution in [0.4, 0.5) is 5.69 Å². The van der Waals surface area contributed by atoms with Gasteiger partial charge in [0.15, 0.2) is 11.5 Å². The maximum absolute atomic E-state index is 10.3. The number of ether oxygens (including phenoxy) is 2. The van der Waals surface area contributed by atoms with Gasteiger partial charge in [0.05, 0.1) is 19.8 Å². The molecule has 3 unspecified atom stereocenters. The lowest BCUT2D eigenvalue weighted by Gasteiger charge is -2.37. The average molecular weight is 408 g/mol. The Balaban J connectivity index is 1.49. The molecule has 1 aliphatic carbocycles. The molecule has 1 aliphatic heterocycles. The van der Waals surface area contributed by atoms with Gasteiger partial charge >= 0.3 is 0 Å². The van der Waals surface area contributed by atoms with Crippen LogP contribution in [-0.4, -0.2) is 18.8 Å². The lowest BCUT2D eigenvalue weighted by molar-refractivity contribution is 0.303. The third-order valence-electron chi connectivity index (χ3n) is 6.41. The van der Waals surface area contributed by atoms with Crippen LogP contribution in [0, 0.1) is 5.92 Å². The molecule has 160 valence electrons. The molecule has 0 amide bonds. The minimum atomic E-state index is 0.152. The molecule has 4 nitrogen and oxygen atoms in total. The molecule has 0 bridgehead atoms. The van der Waals surface area contributed by atoms with Gasteiger partial charge in [0.25, 0.3) is 0 Å². The van der Waals surface area contributed by atoms with Gasteiger partial charge in [-0.15, -0.1) is 0 Å². The number of nitrogens with one attached hydrogen (secondary N) is 1. The summed E-state index contributed by atoms with van der Waals surface area (Å²) < 4.78 is 11.3. The summed E-state index contributed by atoms with van der Waals surface area (Å²) in [4.78, 5) is 0. The molecule has 0 fully saturated rings. The number of phenolic OH excluding ortho intramolecular Hbond substituents is 1. The van der Waals surface area contributed by atoms with Crippen molar-refractivity contribution in [3.05, 3.63) is 59.7 Å². The Morgan fingerprint density at radius 3 is 2.73 bits per heavy atom. The van der Waals surface area contributed by atoms with Gasteiger partial charge in [-0.3, -0.25) is 0 Å². The second-order valence-electron chi connectivity index (χ2n) is 8.42. The van der Waals surface area contributed by atoms with E-state index in [4.69, 9.17) is 9.47 Å². The average Bonchev–Trinajstić information content (AvgIpc) is 3.26. The van der Waals surface area contributed by atoms with Crippen molar-refractivity contribution in [3.8, 4) is 17.2 Å². The predicted octanol–water partition coefficient (Wildman–Crippen LogP) is 6.58. The Bertz CT molecular complexity index is 892. The number of aromatic hydroxyl groups is 1. The number of unbranched alkanes of at least 4 members (excludes halogenated alkanes) is 4. The Morgan fingerprint density at radius 1 is 1.07 bits per heavy atom. The van der Waals surface area contributed by atoms with Crippen molar-refractivity contribution in [2.24, 2.45) is 5.92 Å². The maximum Gasteiger partial charge on any atom is 0.160 e. The van der Waals surface area contributed by atoms with Gasteiger partial charge in [0, 0.05) is 11.6 Å². The van der Waals surface area contributed by atoms with E-state index < -0.39 is 0 Å². The van der Waals surface area contributed by atoms with Gasteiger partial charge < -0.3 is 19.9 Å². The van der Waals surface area contributed by atoms with Crippen LogP contribution in [0.2, 0.25) is 0 Å². The summed E-state index contributed by atoms with van der Waals surface area (Å²) in [7, 11) is 1.58. The SMILES string of the molecule is CCCCCCCOc1ccc2c(c1)C1C=CCC1C(c1ccc(OC)c(O)c1)N2. The molecule has 3 atom stereocenters. The number of benzene rings is 2. The molecule has 4 heteroatoms. The van der Waals surface area contributed by atoms with E-state index in [9.17, 15) is 5.11 Å². The zero-order valence-corrected chi connectivity index (χ0v) is 18.1. The van der Waals surface area contributed by atoms with Crippen LogP contribution >= 0.6 is 0 Å². The van der Waals surface area contributed by atoms with Crippen LogP contribution in [-0.2, 0) is 0 Å². The Kier molecular flexibility index (Phi) is 6.51. The first-order chi connectivity index (χ1) is 14.7. The minimum absolute atomic E-state index is 0.152. The monoisotopic (exact) mass is 407 g/mol. The van der Waals surface area contributed by atoms with Gasteiger partial charge in [-0.1, -0.05) is 50.8 Å². The first kappa shape index (κ1) is 20.6. The zero-order chi connectivity index (χ0) is 20.9. The van der Waals surface area contributed by atoms with Gasteiger partial charge in [-0.2, -0.15) is 0 Å². The van der Waals surface area contributed by atoms with Crippen molar-refractivity contribution in [2.45, 2.75) is 57.4 Å². The van der Waals surface area contributed by atoms with Crippen LogP contribution in [0.1, 0.15) is 68.5 Å². The number of phenols is 1. The van der Waals surface area contributed by atoms with E-state index in [1.54, 1.807) is 7.11 Å². The van der Waals surface area contributed by atoms with E-state index in [0.717, 1.165) is 36.4 Å². The summed E-state index contributed by atoms with van der Waals surface area (Å²) in [6.07, 6.45) is 11.9. The molecule has 2 N–H and O–H groups in total. The van der Waals surface area contributed by atoms with Crippen LogP contribution < -0.4 is 14.8 Å². The summed E-state index contributed by atoms with van der Waals surface area (Å²) >= 11 is 0. The van der Waals surface area contributed by atoms with Crippen LogP contribution in [0.25, 0.3) is 0 Å². The highest BCUT2D eigenvalue weighted by atomic mass is 16.5. The van der Waals surface area contributed by atoms with Gasteiger partial charge in [0.1, 0.15) is 5.75 Å². The fourth-order valence-electron chi connectivity index (χ4n) is 4.79. The number of fused-ring (bicyclic) bond motifs is 3. The standard InChI is InChI=1S/C26H33NO3/c1-3-4-5-6-7-15-30-19-12-13-23-22(17-19)20-9-8-10-21(20)26(27-23)18-11-14-25(29-2)24(28)16-18/h8-9,11-14,16-17,20-21,26-28H,3-7,10,15H2,1-2H3. The lowest BCUT2D eigenvalue weighted by atomic mass is 9.77. The summed E-state index contributed by atoms with van der Waals surface area (Å²) in [6, 6.07) is 12.3. The van der Waals surface area contributed by atoms with E-state index in [0.29, 0.717) is 17.6 Å². The Morgan fingerprint density at radius 2 is 1.93 bits per heavy atom. The van der Waals surface area contributed by atoms with Crippen molar-refractivity contribution in [2.75, 3.05) is 19.0 Å². The molecular formula is C26H33NO3. The first-order valence-electron chi connectivity index (χ1n) is 11.3. The van der Waals surface area contributed by atoms with Crippen molar-refractivity contribution < 1.29 is 14.6 Å². The number of allylic oxidation sites excluding steroid dienone is 2. The summed E-state index contributed by atoms with van der Waals surface area (Å²) in [6.45, 7) is 3.03. The van der Waals surface area contributed by atoms with Gasteiger partial charge in [-0.25, -0.2) is 0 Å². The quantitative estimate of drug-likeness (QED) is 0.364. The Hall–Kier alpha value is -2.62. The first-order valence-corrected chi connectivity index (χ1v) is 11.3. The van der Waals surface area contributed by atoms with Gasteiger partial charge in [0.2, 0.25) is 0 Å². The smallest absolute Gasteiger partial charge is 0.160 e. The molecule has 0 spiro atoms. The lowest BCUT2D eigenvalue weighted by Crippen LogP contribution is -2.29. The molecule has 30 heavy (non-hydrogen) atoms. The fourth-order valence-corrected chi connectivity index (χ4v) is 4.79. The molecule has 4 rings (SSSR count). The van der Waals surface area contributed by atoms with E-state index >= 15 is 0 Å². The molecule has 1 heterocycles. The third kappa shape index (κ3) is 4.28. The van der Waals surface area contributed by atoms with E-state index in [1.165, 1.54) is 31.2 Å². The molecule has 2 aromatic carbocycles. The number of methoxy groups -OCH3 is 1. The normalized spacial score (nSPS) is 21.6. The zero-order valence-electron chi connectivity index (χ0n) is 18.1. The number of anilines is 1. The fraction of sp³-hybridized carbons (Fsp3) is 0.462. The molecule has 0 radical (unpaired) electrons. The molecule has 0 saturated heterocycles. The second-order valence-corrected chi connectivity index (χ2v) is 8.42. The van der Waals surface area contributed by atoms with E-state index in [2.05, 4.69) is 42.6 Å². The number of hydrogen-bond donors (Lipinski definition) is 2. The second kappa shape index (κ2) is 9.46. The molecule has 0 saturated carbocycles. The third-order valence-corrected chi connectivity index (χ3v) is 6.41. The highest BCUT2D eigenvalue weighted by molar-refractivity contribution is 5.62. The highest BCUT2D eigenvalue weighted by Gasteiger charge is 2.38. The van der Waals surface area contributed by atoms with Crippen LogP contribution in [0.5, 0.6) is 17.2 Å². The molecule has 2 aromatic rings. The van der Waals surface area contributed by atoms with Crippen molar-refractivity contribution in [1.82, 2.24) is 0 Å². The van der Waals surface area contributed by atoms with E-state index in [-0.39, 0.29) is 11.8 Å². The minimum Gasteiger partial charge on any atom is -0.504 e. The number of hydrogen-bond acceptors (Lipinski definition) is 4. The van der Waals surface area contributed by atoms with Gasteiger partial charge in [-0.05, 0) is 60.2 Å². The summed E-state index contributed by atoms with van der Waals surface area (Å²) in [5.74, 6) is 2.45. The van der Waals surface area contributed by atoms with E-state index in [1.807, 2.05) is 18.2 Å². The van der Waals surface area contributed by atoms with Crippen LogP contribution in [0.3, 0.4) is 0 Å².